The molecule has 0 bridgehead atoms. The van der Waals surface area contributed by atoms with Crippen LogP contribution in [-0.4, -0.2) is 38.9 Å². The monoisotopic (exact) mass is 204 g/mol. The van der Waals surface area contributed by atoms with E-state index < -0.39 is 18.0 Å². The number of carbonyl (C=O) groups excluding carboxylic acids is 2. The van der Waals surface area contributed by atoms with Crippen LogP contribution in [0, 0.1) is 0 Å². The maximum absolute atomic E-state index is 10.9. The van der Waals surface area contributed by atoms with E-state index in [9.17, 15) is 9.59 Å². The van der Waals surface area contributed by atoms with Crippen LogP contribution >= 0.6 is 0 Å². The van der Waals surface area contributed by atoms with Crippen LogP contribution in [0.3, 0.4) is 0 Å². The van der Waals surface area contributed by atoms with Gasteiger partial charge in [0.2, 0.25) is 0 Å². The van der Waals surface area contributed by atoms with Crippen LogP contribution in [-0.2, 0) is 23.8 Å². The molecule has 0 fully saturated rings. The SMILES string of the molecule is CCOC(CC(=O)OC)CC(=O)OC. The highest BCUT2D eigenvalue weighted by molar-refractivity contribution is 5.73. The fraction of sp³-hybridized carbons (Fsp3) is 0.778. The Kier molecular flexibility index (Phi) is 6.74. The van der Waals surface area contributed by atoms with Crippen molar-refractivity contribution in [3.63, 3.8) is 0 Å². The fourth-order valence-corrected chi connectivity index (χ4v) is 0.964. The summed E-state index contributed by atoms with van der Waals surface area (Å²) in [4.78, 5) is 21.8. The summed E-state index contributed by atoms with van der Waals surface area (Å²) in [5.74, 6) is -0.792. The van der Waals surface area contributed by atoms with Gasteiger partial charge in [-0.3, -0.25) is 9.59 Å². The molecular weight excluding hydrogens is 188 g/mol. The van der Waals surface area contributed by atoms with Gasteiger partial charge in [-0.1, -0.05) is 0 Å². The van der Waals surface area contributed by atoms with Gasteiger partial charge < -0.3 is 14.2 Å². The van der Waals surface area contributed by atoms with Crippen molar-refractivity contribution < 1.29 is 23.8 Å². The van der Waals surface area contributed by atoms with Crippen LogP contribution in [0.1, 0.15) is 19.8 Å². The van der Waals surface area contributed by atoms with Gasteiger partial charge in [0.25, 0.3) is 0 Å². The van der Waals surface area contributed by atoms with Gasteiger partial charge >= 0.3 is 11.9 Å². The third kappa shape index (κ3) is 5.53. The second-order valence-corrected chi connectivity index (χ2v) is 2.64. The van der Waals surface area contributed by atoms with Gasteiger partial charge in [0, 0.05) is 6.61 Å². The topological polar surface area (TPSA) is 61.8 Å². The zero-order valence-electron chi connectivity index (χ0n) is 8.74. The standard InChI is InChI=1S/C9H16O5/c1-4-14-7(5-8(10)12-2)6-9(11)13-3/h7H,4-6H2,1-3H3. The Labute approximate surface area is 83.3 Å². The molecule has 0 aromatic heterocycles. The van der Waals surface area contributed by atoms with E-state index in [1.165, 1.54) is 14.2 Å². The first-order valence-electron chi connectivity index (χ1n) is 4.39. The number of esters is 2. The highest BCUT2D eigenvalue weighted by Crippen LogP contribution is 2.06. The zero-order chi connectivity index (χ0) is 11.0. The molecule has 0 unspecified atom stereocenters. The Morgan fingerprint density at radius 3 is 1.79 bits per heavy atom. The van der Waals surface area contributed by atoms with E-state index in [4.69, 9.17) is 4.74 Å². The summed E-state index contributed by atoms with van der Waals surface area (Å²) in [6, 6.07) is 0. The highest BCUT2D eigenvalue weighted by Gasteiger charge is 2.18. The van der Waals surface area contributed by atoms with Crippen molar-refractivity contribution in [3.05, 3.63) is 0 Å². The predicted octanol–water partition coefficient (Wildman–Crippen LogP) is 0.518. The van der Waals surface area contributed by atoms with Gasteiger partial charge in [-0.25, -0.2) is 0 Å². The van der Waals surface area contributed by atoms with Crippen LogP contribution in [0.25, 0.3) is 0 Å². The molecule has 0 amide bonds. The van der Waals surface area contributed by atoms with Crippen molar-refractivity contribution in [1.82, 2.24) is 0 Å². The van der Waals surface area contributed by atoms with Gasteiger partial charge in [0.1, 0.15) is 0 Å². The van der Waals surface area contributed by atoms with Gasteiger partial charge in [0.15, 0.2) is 0 Å². The van der Waals surface area contributed by atoms with E-state index in [0.717, 1.165) is 0 Å². The fourth-order valence-electron chi connectivity index (χ4n) is 0.964. The maximum Gasteiger partial charge on any atom is 0.308 e. The number of methoxy groups -OCH3 is 2. The van der Waals surface area contributed by atoms with E-state index in [0.29, 0.717) is 6.61 Å². The third-order valence-electron chi connectivity index (χ3n) is 1.65. The summed E-state index contributed by atoms with van der Waals surface area (Å²) in [6.45, 7) is 2.24. The summed E-state index contributed by atoms with van der Waals surface area (Å²) < 4.78 is 14.1. The molecule has 0 aromatic carbocycles. The highest BCUT2D eigenvalue weighted by atomic mass is 16.5. The Hall–Kier alpha value is -1.10. The average Bonchev–Trinajstić information content (AvgIpc) is 2.17. The molecule has 0 saturated carbocycles. The maximum atomic E-state index is 10.9. The van der Waals surface area contributed by atoms with E-state index in [1.807, 2.05) is 0 Å². The molecule has 0 N–H and O–H groups in total. The molecule has 5 heteroatoms. The van der Waals surface area contributed by atoms with Crippen molar-refractivity contribution in [2.24, 2.45) is 0 Å². The van der Waals surface area contributed by atoms with E-state index in [1.54, 1.807) is 6.92 Å². The lowest BCUT2D eigenvalue weighted by Crippen LogP contribution is -2.22. The molecule has 5 nitrogen and oxygen atoms in total. The number of ether oxygens (including phenoxy) is 3. The molecule has 0 aliphatic heterocycles. The minimum Gasteiger partial charge on any atom is -0.469 e. The molecule has 14 heavy (non-hydrogen) atoms. The smallest absolute Gasteiger partial charge is 0.308 e. The average molecular weight is 204 g/mol. The normalized spacial score (nSPS) is 10.0. The molecule has 0 saturated heterocycles. The van der Waals surface area contributed by atoms with Crippen LogP contribution in [0.2, 0.25) is 0 Å². The molecule has 82 valence electrons. The molecule has 0 aliphatic rings. The molecule has 0 radical (unpaired) electrons. The van der Waals surface area contributed by atoms with Crippen LogP contribution in [0.4, 0.5) is 0 Å². The van der Waals surface area contributed by atoms with Crippen molar-refractivity contribution in [3.8, 4) is 0 Å². The lowest BCUT2D eigenvalue weighted by Gasteiger charge is -2.13. The van der Waals surface area contributed by atoms with Crippen molar-refractivity contribution in [2.75, 3.05) is 20.8 Å². The van der Waals surface area contributed by atoms with Crippen molar-refractivity contribution >= 4 is 11.9 Å². The first-order chi connectivity index (χ1) is 6.63. The van der Waals surface area contributed by atoms with E-state index in [2.05, 4.69) is 9.47 Å². The van der Waals surface area contributed by atoms with Crippen LogP contribution in [0.5, 0.6) is 0 Å². The Balaban J connectivity index is 4.00. The largest absolute Gasteiger partial charge is 0.469 e. The van der Waals surface area contributed by atoms with Crippen molar-refractivity contribution in [1.29, 1.82) is 0 Å². The molecular formula is C9H16O5. The number of carbonyl (C=O) groups is 2. The Morgan fingerprint density at radius 1 is 1.07 bits per heavy atom. The zero-order valence-corrected chi connectivity index (χ0v) is 8.74. The van der Waals surface area contributed by atoms with E-state index >= 15 is 0 Å². The summed E-state index contributed by atoms with van der Waals surface area (Å²) in [5.41, 5.74) is 0. The number of hydrogen-bond donors (Lipinski definition) is 0. The predicted molar refractivity (Wildman–Crippen MR) is 48.7 cm³/mol. The lowest BCUT2D eigenvalue weighted by molar-refractivity contribution is -0.148. The van der Waals surface area contributed by atoms with Gasteiger partial charge in [0.05, 0.1) is 33.2 Å². The minimum atomic E-state index is -0.458. The first kappa shape index (κ1) is 12.9. The lowest BCUT2D eigenvalue weighted by atomic mass is 10.2. The third-order valence-corrected chi connectivity index (χ3v) is 1.65. The quantitative estimate of drug-likeness (QED) is 0.590. The van der Waals surface area contributed by atoms with Crippen LogP contribution < -0.4 is 0 Å². The second kappa shape index (κ2) is 7.32. The molecule has 0 aliphatic carbocycles. The molecule has 0 aromatic rings. The molecule has 0 heterocycles. The molecule has 0 atom stereocenters. The summed E-state index contributed by atoms with van der Waals surface area (Å²) in [6.07, 6.45) is -0.321. The minimum absolute atomic E-state index is 0.0689. The van der Waals surface area contributed by atoms with E-state index in [-0.39, 0.29) is 12.8 Å². The van der Waals surface area contributed by atoms with Gasteiger partial charge in [-0.15, -0.1) is 0 Å². The molecule has 0 spiro atoms. The Bertz CT molecular complexity index is 172. The van der Waals surface area contributed by atoms with Gasteiger partial charge in [-0.2, -0.15) is 0 Å². The second-order valence-electron chi connectivity index (χ2n) is 2.64. The summed E-state index contributed by atoms with van der Waals surface area (Å²) >= 11 is 0. The molecule has 0 rings (SSSR count). The summed E-state index contributed by atoms with van der Waals surface area (Å²) in [5, 5.41) is 0. The van der Waals surface area contributed by atoms with Crippen molar-refractivity contribution in [2.45, 2.75) is 25.9 Å². The summed E-state index contributed by atoms with van der Waals surface area (Å²) in [7, 11) is 2.59. The number of rotatable bonds is 6. The Morgan fingerprint density at radius 2 is 1.50 bits per heavy atom. The number of hydrogen-bond acceptors (Lipinski definition) is 5. The van der Waals surface area contributed by atoms with Gasteiger partial charge in [-0.05, 0) is 6.92 Å². The first-order valence-corrected chi connectivity index (χ1v) is 4.39. The van der Waals surface area contributed by atoms with Crippen LogP contribution in [0.15, 0.2) is 0 Å².